The van der Waals surface area contributed by atoms with Crippen LogP contribution in [0.2, 0.25) is 5.02 Å². The second-order valence-electron chi connectivity index (χ2n) is 6.90. The summed E-state index contributed by atoms with van der Waals surface area (Å²) in [5.74, 6) is -1.96. The molecule has 2 aromatic rings. The SMILES string of the molecule is Cc1cc(OCC(=O)NNC(=O)[C@@H](C)N2C(=O)c3ccccc3C2=O)cc(C)c1Cl. The smallest absolute Gasteiger partial charge is 0.276 e. The summed E-state index contributed by atoms with van der Waals surface area (Å²) in [6.45, 7) is 4.70. The highest BCUT2D eigenvalue weighted by Crippen LogP contribution is 2.26. The minimum absolute atomic E-state index is 0.244. The van der Waals surface area contributed by atoms with Crippen molar-refractivity contribution in [2.75, 3.05) is 6.61 Å². The minimum Gasteiger partial charge on any atom is -0.484 e. The Bertz CT molecular complexity index is 995. The molecule has 30 heavy (non-hydrogen) atoms. The molecular formula is C21H20ClN3O5. The van der Waals surface area contributed by atoms with E-state index < -0.39 is 29.7 Å². The number of carbonyl (C=O) groups is 4. The number of hydrazine groups is 1. The summed E-state index contributed by atoms with van der Waals surface area (Å²) in [4.78, 5) is 50.1. The number of nitrogens with zero attached hydrogens (tertiary/aromatic N) is 1. The molecule has 0 saturated heterocycles. The zero-order valence-corrected chi connectivity index (χ0v) is 17.4. The molecular weight excluding hydrogens is 410 g/mol. The number of ether oxygens (including phenoxy) is 1. The highest BCUT2D eigenvalue weighted by Gasteiger charge is 2.40. The summed E-state index contributed by atoms with van der Waals surface area (Å²) >= 11 is 6.10. The number of hydrogen-bond donors (Lipinski definition) is 2. The van der Waals surface area contributed by atoms with Gasteiger partial charge in [0.25, 0.3) is 23.6 Å². The van der Waals surface area contributed by atoms with E-state index in [1.807, 2.05) is 13.8 Å². The molecule has 0 fully saturated rings. The number of fused-ring (bicyclic) bond motifs is 1. The first kappa shape index (κ1) is 21.3. The minimum atomic E-state index is -1.11. The number of amides is 4. The average Bonchev–Trinajstić information content (AvgIpc) is 2.98. The summed E-state index contributed by atoms with van der Waals surface area (Å²) in [6.07, 6.45) is 0. The van der Waals surface area contributed by atoms with Crippen molar-refractivity contribution in [3.05, 3.63) is 63.7 Å². The predicted molar refractivity (Wildman–Crippen MR) is 109 cm³/mol. The number of hydrogen-bond acceptors (Lipinski definition) is 5. The Kier molecular flexibility index (Phi) is 6.07. The maximum atomic E-state index is 12.4. The molecule has 3 rings (SSSR count). The molecule has 156 valence electrons. The van der Waals surface area contributed by atoms with Gasteiger partial charge in [0.2, 0.25) is 0 Å². The Morgan fingerprint density at radius 1 is 1.03 bits per heavy atom. The maximum absolute atomic E-state index is 12.4. The lowest BCUT2D eigenvalue weighted by Crippen LogP contribution is -2.53. The molecule has 0 unspecified atom stereocenters. The molecule has 0 aliphatic carbocycles. The van der Waals surface area contributed by atoms with Crippen LogP contribution in [0.3, 0.4) is 0 Å². The van der Waals surface area contributed by atoms with Crippen LogP contribution in [0.1, 0.15) is 38.8 Å². The van der Waals surface area contributed by atoms with Gasteiger partial charge >= 0.3 is 0 Å². The molecule has 1 aliphatic heterocycles. The van der Waals surface area contributed by atoms with E-state index in [0.29, 0.717) is 10.8 Å². The molecule has 0 saturated carbocycles. The van der Waals surface area contributed by atoms with Crippen LogP contribution in [-0.4, -0.2) is 41.2 Å². The fraction of sp³-hybridized carbons (Fsp3) is 0.238. The number of halogens is 1. The number of rotatable bonds is 5. The van der Waals surface area contributed by atoms with E-state index in [1.165, 1.54) is 19.1 Å². The lowest BCUT2D eigenvalue weighted by Gasteiger charge is -2.21. The lowest BCUT2D eigenvalue weighted by molar-refractivity contribution is -0.131. The van der Waals surface area contributed by atoms with Gasteiger partial charge in [0.05, 0.1) is 11.1 Å². The van der Waals surface area contributed by atoms with Crippen molar-refractivity contribution >= 4 is 35.2 Å². The third kappa shape index (κ3) is 4.13. The average molecular weight is 430 g/mol. The number of benzene rings is 2. The molecule has 8 nitrogen and oxygen atoms in total. The normalized spacial score (nSPS) is 13.7. The Labute approximate surface area is 178 Å². The van der Waals surface area contributed by atoms with E-state index in [4.69, 9.17) is 16.3 Å². The summed E-state index contributed by atoms with van der Waals surface area (Å²) in [5, 5.41) is 0.626. The van der Waals surface area contributed by atoms with Crippen LogP contribution in [0, 0.1) is 13.8 Å². The summed E-state index contributed by atoms with van der Waals surface area (Å²) in [5.41, 5.74) is 6.54. The zero-order valence-electron chi connectivity index (χ0n) is 16.6. The fourth-order valence-electron chi connectivity index (χ4n) is 3.09. The van der Waals surface area contributed by atoms with Crippen LogP contribution in [0.15, 0.2) is 36.4 Å². The van der Waals surface area contributed by atoms with Crippen molar-refractivity contribution in [2.24, 2.45) is 0 Å². The van der Waals surface area contributed by atoms with Crippen LogP contribution in [0.5, 0.6) is 5.75 Å². The quantitative estimate of drug-likeness (QED) is 0.560. The van der Waals surface area contributed by atoms with Gasteiger partial charge in [-0.15, -0.1) is 0 Å². The van der Waals surface area contributed by atoms with Gasteiger partial charge in [0, 0.05) is 5.02 Å². The second kappa shape index (κ2) is 8.54. The largest absolute Gasteiger partial charge is 0.484 e. The van der Waals surface area contributed by atoms with E-state index in [9.17, 15) is 19.2 Å². The molecule has 4 amide bonds. The van der Waals surface area contributed by atoms with Gasteiger partial charge < -0.3 is 4.74 Å². The van der Waals surface area contributed by atoms with Gasteiger partial charge in [-0.2, -0.15) is 0 Å². The van der Waals surface area contributed by atoms with Crippen molar-refractivity contribution in [1.29, 1.82) is 0 Å². The number of carbonyl (C=O) groups excluding carboxylic acids is 4. The molecule has 1 atom stereocenters. The van der Waals surface area contributed by atoms with E-state index in [1.54, 1.807) is 24.3 Å². The van der Waals surface area contributed by atoms with Crippen molar-refractivity contribution in [3.63, 3.8) is 0 Å². The first-order valence-corrected chi connectivity index (χ1v) is 9.53. The topological polar surface area (TPSA) is 105 Å². The van der Waals surface area contributed by atoms with Crippen LogP contribution < -0.4 is 15.6 Å². The summed E-state index contributed by atoms with van der Waals surface area (Å²) < 4.78 is 5.41. The number of nitrogens with one attached hydrogen (secondary N) is 2. The van der Waals surface area contributed by atoms with Gasteiger partial charge in [0.1, 0.15) is 11.8 Å². The molecule has 1 heterocycles. The van der Waals surface area contributed by atoms with Crippen molar-refractivity contribution in [1.82, 2.24) is 15.8 Å². The molecule has 2 N–H and O–H groups in total. The third-order valence-electron chi connectivity index (χ3n) is 4.70. The Hall–Kier alpha value is -3.39. The van der Waals surface area contributed by atoms with Crippen molar-refractivity contribution < 1.29 is 23.9 Å². The highest BCUT2D eigenvalue weighted by atomic mass is 35.5. The van der Waals surface area contributed by atoms with E-state index >= 15 is 0 Å². The molecule has 9 heteroatoms. The van der Waals surface area contributed by atoms with Gasteiger partial charge in [0.15, 0.2) is 6.61 Å². The summed E-state index contributed by atoms with van der Waals surface area (Å²) in [6, 6.07) is 8.63. The van der Waals surface area contributed by atoms with Crippen LogP contribution >= 0.6 is 11.6 Å². The van der Waals surface area contributed by atoms with Crippen LogP contribution in [0.4, 0.5) is 0 Å². The highest BCUT2D eigenvalue weighted by molar-refractivity contribution is 6.32. The molecule has 0 aromatic heterocycles. The van der Waals surface area contributed by atoms with Gasteiger partial charge in [-0.3, -0.25) is 34.9 Å². The van der Waals surface area contributed by atoms with Gasteiger partial charge in [-0.25, -0.2) is 0 Å². The molecule has 0 bridgehead atoms. The van der Waals surface area contributed by atoms with Crippen molar-refractivity contribution in [2.45, 2.75) is 26.8 Å². The van der Waals surface area contributed by atoms with Crippen LogP contribution in [-0.2, 0) is 9.59 Å². The Balaban J connectivity index is 1.53. The standard InChI is InChI=1S/C21H20ClN3O5/c1-11-8-14(9-12(2)18(11)22)30-10-17(26)23-24-19(27)13(3)25-20(28)15-6-4-5-7-16(15)21(25)29/h4-9,13H,10H2,1-3H3,(H,23,26)(H,24,27)/t13-/m1/s1. The van der Waals surface area contributed by atoms with E-state index in [2.05, 4.69) is 10.9 Å². The maximum Gasteiger partial charge on any atom is 0.276 e. The van der Waals surface area contributed by atoms with Crippen LogP contribution in [0.25, 0.3) is 0 Å². The summed E-state index contributed by atoms with van der Waals surface area (Å²) in [7, 11) is 0. The fourth-order valence-corrected chi connectivity index (χ4v) is 3.20. The molecule has 0 radical (unpaired) electrons. The first-order chi connectivity index (χ1) is 14.2. The molecule has 1 aliphatic rings. The van der Waals surface area contributed by atoms with E-state index in [0.717, 1.165) is 16.0 Å². The Morgan fingerprint density at radius 2 is 1.57 bits per heavy atom. The lowest BCUT2D eigenvalue weighted by atomic mass is 10.1. The number of imide groups is 1. The van der Waals surface area contributed by atoms with E-state index in [-0.39, 0.29) is 17.7 Å². The molecule has 0 spiro atoms. The second-order valence-corrected chi connectivity index (χ2v) is 7.28. The first-order valence-electron chi connectivity index (χ1n) is 9.16. The monoisotopic (exact) mass is 429 g/mol. The van der Waals surface area contributed by atoms with Crippen molar-refractivity contribution in [3.8, 4) is 5.75 Å². The number of aryl methyl sites for hydroxylation is 2. The van der Waals surface area contributed by atoms with Gasteiger partial charge in [-0.1, -0.05) is 23.7 Å². The predicted octanol–water partition coefficient (Wildman–Crippen LogP) is 2.17. The Morgan fingerprint density at radius 3 is 2.10 bits per heavy atom. The molecule has 2 aromatic carbocycles. The third-order valence-corrected chi connectivity index (χ3v) is 5.29. The van der Waals surface area contributed by atoms with Gasteiger partial charge in [-0.05, 0) is 56.2 Å². The zero-order chi connectivity index (χ0) is 22.0.